The van der Waals surface area contributed by atoms with E-state index in [-0.39, 0.29) is 12.0 Å². The van der Waals surface area contributed by atoms with Crippen molar-refractivity contribution in [3.05, 3.63) is 78.0 Å². The highest BCUT2D eigenvalue weighted by Crippen LogP contribution is 2.27. The van der Waals surface area contributed by atoms with Crippen LogP contribution in [-0.4, -0.2) is 40.2 Å². The van der Waals surface area contributed by atoms with E-state index in [4.69, 9.17) is 9.47 Å². The van der Waals surface area contributed by atoms with Crippen molar-refractivity contribution in [1.82, 2.24) is 15.1 Å². The predicted octanol–water partition coefficient (Wildman–Crippen LogP) is 4.26. The number of hydrogen-bond acceptors (Lipinski definition) is 5. The number of ether oxygens (including phenoxy) is 2. The third-order valence-electron chi connectivity index (χ3n) is 4.88. The number of piperidine rings is 1. The van der Waals surface area contributed by atoms with Crippen molar-refractivity contribution in [2.75, 3.05) is 13.1 Å². The number of aromatic nitrogens is 2. The summed E-state index contributed by atoms with van der Waals surface area (Å²) in [7, 11) is 0. The largest absolute Gasteiger partial charge is 0.473 e. The highest BCUT2D eigenvalue weighted by atomic mass is 16.5. The first kappa shape index (κ1) is 18.9. The molecule has 2 aromatic carbocycles. The normalized spacial score (nSPS) is 14.4. The van der Waals surface area contributed by atoms with Crippen molar-refractivity contribution in [2.45, 2.75) is 25.9 Å². The van der Waals surface area contributed by atoms with Crippen molar-refractivity contribution in [1.29, 1.82) is 0 Å². The molecule has 0 radical (unpaired) electrons. The number of aryl methyl sites for hydroxylation is 1. The van der Waals surface area contributed by atoms with Crippen molar-refractivity contribution in [3.8, 4) is 17.4 Å². The van der Waals surface area contributed by atoms with Crippen molar-refractivity contribution >= 4 is 5.91 Å². The Bertz CT molecular complexity index is 953. The van der Waals surface area contributed by atoms with E-state index in [1.165, 1.54) is 0 Å². The predicted molar refractivity (Wildman–Crippen MR) is 109 cm³/mol. The maximum atomic E-state index is 13.1. The number of carbonyl (C=O) groups excluding carboxylic acids is 1. The molecule has 1 saturated heterocycles. The van der Waals surface area contributed by atoms with Crippen LogP contribution in [0.15, 0.2) is 66.7 Å². The lowest BCUT2D eigenvalue weighted by Crippen LogP contribution is -2.42. The monoisotopic (exact) mass is 389 g/mol. The molecule has 3 aromatic rings. The Labute approximate surface area is 170 Å². The SMILES string of the molecule is Cc1ccc(OC2CCN(C(=O)c3ccccc3Oc3ccccc3)CC2)nn1. The molecule has 148 valence electrons. The summed E-state index contributed by atoms with van der Waals surface area (Å²) in [5.74, 6) is 1.78. The zero-order valence-electron chi connectivity index (χ0n) is 16.3. The van der Waals surface area contributed by atoms with E-state index in [1.54, 1.807) is 0 Å². The summed E-state index contributed by atoms with van der Waals surface area (Å²) < 4.78 is 11.9. The van der Waals surface area contributed by atoms with Crippen LogP contribution in [0, 0.1) is 6.92 Å². The van der Waals surface area contributed by atoms with Crippen molar-refractivity contribution < 1.29 is 14.3 Å². The van der Waals surface area contributed by atoms with Gasteiger partial charge in [-0.15, -0.1) is 5.10 Å². The topological polar surface area (TPSA) is 64.5 Å². The quantitative estimate of drug-likeness (QED) is 0.652. The average Bonchev–Trinajstić information content (AvgIpc) is 2.77. The fourth-order valence-corrected chi connectivity index (χ4v) is 3.32. The molecule has 0 unspecified atom stereocenters. The van der Waals surface area contributed by atoms with Crippen molar-refractivity contribution in [2.24, 2.45) is 0 Å². The Morgan fingerprint density at radius 2 is 1.66 bits per heavy atom. The minimum atomic E-state index is -0.0230. The molecule has 2 heterocycles. The van der Waals surface area contributed by atoms with Crippen LogP contribution >= 0.6 is 0 Å². The minimum absolute atomic E-state index is 0.0230. The zero-order valence-corrected chi connectivity index (χ0v) is 16.3. The zero-order chi connectivity index (χ0) is 20.1. The molecule has 1 aliphatic heterocycles. The summed E-state index contributed by atoms with van der Waals surface area (Å²) in [5.41, 5.74) is 1.43. The number of likely N-dealkylation sites (tertiary alicyclic amines) is 1. The highest BCUT2D eigenvalue weighted by molar-refractivity contribution is 5.97. The van der Waals surface area contributed by atoms with E-state index >= 15 is 0 Å². The molecule has 4 rings (SSSR count). The summed E-state index contributed by atoms with van der Waals surface area (Å²) in [6.07, 6.45) is 1.54. The van der Waals surface area contributed by atoms with Gasteiger partial charge in [-0.2, -0.15) is 5.10 Å². The summed E-state index contributed by atoms with van der Waals surface area (Å²) in [5, 5.41) is 8.07. The second-order valence-corrected chi connectivity index (χ2v) is 7.03. The van der Waals surface area contributed by atoms with Gasteiger partial charge in [0.1, 0.15) is 17.6 Å². The third-order valence-corrected chi connectivity index (χ3v) is 4.88. The van der Waals surface area contributed by atoms with Crippen LogP contribution in [-0.2, 0) is 0 Å². The Hall–Kier alpha value is -3.41. The molecule has 1 aromatic heterocycles. The van der Waals surface area contributed by atoms with E-state index in [0.29, 0.717) is 36.0 Å². The van der Waals surface area contributed by atoms with Crippen LogP contribution in [0.2, 0.25) is 0 Å². The number of rotatable bonds is 5. The van der Waals surface area contributed by atoms with E-state index in [0.717, 1.165) is 18.5 Å². The van der Waals surface area contributed by atoms with Gasteiger partial charge in [0, 0.05) is 32.0 Å². The number of carbonyl (C=O) groups is 1. The van der Waals surface area contributed by atoms with Crippen LogP contribution in [0.1, 0.15) is 28.9 Å². The lowest BCUT2D eigenvalue weighted by Gasteiger charge is -2.32. The summed E-state index contributed by atoms with van der Waals surface area (Å²) >= 11 is 0. The lowest BCUT2D eigenvalue weighted by molar-refractivity contribution is 0.0583. The Morgan fingerprint density at radius 1 is 0.931 bits per heavy atom. The maximum absolute atomic E-state index is 13.1. The molecule has 0 bridgehead atoms. The van der Waals surface area contributed by atoms with Gasteiger partial charge in [0.15, 0.2) is 0 Å². The molecule has 29 heavy (non-hydrogen) atoms. The van der Waals surface area contributed by atoms with Crippen LogP contribution < -0.4 is 9.47 Å². The number of para-hydroxylation sites is 2. The van der Waals surface area contributed by atoms with Gasteiger partial charge in [-0.3, -0.25) is 4.79 Å². The number of hydrogen-bond donors (Lipinski definition) is 0. The fourth-order valence-electron chi connectivity index (χ4n) is 3.32. The van der Waals surface area contributed by atoms with Crippen LogP contribution in [0.4, 0.5) is 0 Å². The van der Waals surface area contributed by atoms with Gasteiger partial charge >= 0.3 is 0 Å². The lowest BCUT2D eigenvalue weighted by atomic mass is 10.1. The van der Waals surface area contributed by atoms with Crippen LogP contribution in [0.25, 0.3) is 0 Å². The summed E-state index contributed by atoms with van der Waals surface area (Å²) in [4.78, 5) is 15.0. The first-order valence-corrected chi connectivity index (χ1v) is 9.77. The summed E-state index contributed by atoms with van der Waals surface area (Å²) in [6.45, 7) is 3.14. The van der Waals surface area contributed by atoms with E-state index < -0.39 is 0 Å². The molecule has 0 saturated carbocycles. The van der Waals surface area contributed by atoms with Gasteiger partial charge in [-0.25, -0.2) is 0 Å². The van der Waals surface area contributed by atoms with Crippen LogP contribution in [0.3, 0.4) is 0 Å². The second kappa shape index (κ2) is 8.73. The van der Waals surface area contributed by atoms with Gasteiger partial charge in [-0.05, 0) is 37.3 Å². The standard InChI is InChI=1S/C23H23N3O3/c1-17-11-12-22(25-24-17)29-19-13-15-26(16-14-19)23(27)20-9-5-6-10-21(20)28-18-7-3-2-4-8-18/h2-12,19H,13-16H2,1H3. The molecule has 6 nitrogen and oxygen atoms in total. The van der Waals surface area contributed by atoms with Gasteiger partial charge in [0.05, 0.1) is 11.3 Å². The number of benzene rings is 2. The molecule has 1 aliphatic rings. The maximum Gasteiger partial charge on any atom is 0.257 e. The molecule has 6 heteroatoms. The Morgan fingerprint density at radius 3 is 2.38 bits per heavy atom. The second-order valence-electron chi connectivity index (χ2n) is 7.03. The van der Waals surface area contributed by atoms with Crippen LogP contribution in [0.5, 0.6) is 17.4 Å². The molecule has 0 N–H and O–H groups in total. The summed E-state index contributed by atoms with van der Waals surface area (Å²) in [6, 6.07) is 20.6. The molecule has 1 fully saturated rings. The molecule has 0 spiro atoms. The highest BCUT2D eigenvalue weighted by Gasteiger charge is 2.26. The van der Waals surface area contributed by atoms with E-state index in [9.17, 15) is 4.79 Å². The third kappa shape index (κ3) is 4.71. The molecular weight excluding hydrogens is 366 g/mol. The Kier molecular flexibility index (Phi) is 5.70. The van der Waals surface area contributed by atoms with Gasteiger partial charge in [-0.1, -0.05) is 30.3 Å². The van der Waals surface area contributed by atoms with E-state index in [2.05, 4.69) is 10.2 Å². The minimum Gasteiger partial charge on any atom is -0.473 e. The number of amides is 1. The van der Waals surface area contributed by atoms with Crippen molar-refractivity contribution in [3.63, 3.8) is 0 Å². The first-order chi connectivity index (χ1) is 14.2. The van der Waals surface area contributed by atoms with Gasteiger partial charge in [0.2, 0.25) is 5.88 Å². The fraction of sp³-hybridized carbons (Fsp3) is 0.261. The van der Waals surface area contributed by atoms with E-state index in [1.807, 2.05) is 78.6 Å². The first-order valence-electron chi connectivity index (χ1n) is 9.77. The Balaban J connectivity index is 1.39. The van der Waals surface area contributed by atoms with Gasteiger partial charge < -0.3 is 14.4 Å². The average molecular weight is 389 g/mol. The molecule has 0 aliphatic carbocycles. The molecule has 1 amide bonds. The molecule has 0 atom stereocenters. The smallest absolute Gasteiger partial charge is 0.257 e. The van der Waals surface area contributed by atoms with Gasteiger partial charge in [0.25, 0.3) is 5.91 Å². The molecular formula is C23H23N3O3. The number of nitrogens with zero attached hydrogens (tertiary/aromatic N) is 3.